The number of fused-ring (bicyclic) bond motifs is 1. The molecule has 3 amide bonds. The molecule has 35 heavy (non-hydrogen) atoms. The number of carbonyl (C=O) groups excluding carboxylic acids is 4. The van der Waals surface area contributed by atoms with Gasteiger partial charge in [-0.05, 0) is 45.4 Å². The number of alkyl carbamates (subject to hydrolysis) is 1. The molecule has 0 bridgehead atoms. The van der Waals surface area contributed by atoms with Gasteiger partial charge in [0.15, 0.2) is 5.78 Å². The van der Waals surface area contributed by atoms with Crippen LogP contribution in [0.1, 0.15) is 36.7 Å². The molecule has 1 N–H and O–H groups in total. The number of aryl methyl sites for hydroxylation is 1. The van der Waals surface area contributed by atoms with E-state index in [4.69, 9.17) is 9.47 Å². The molecule has 1 atom stereocenters. The van der Waals surface area contributed by atoms with E-state index in [1.165, 1.54) is 16.9 Å². The second-order valence-electron chi connectivity index (χ2n) is 9.29. The maximum absolute atomic E-state index is 13.7. The third kappa shape index (κ3) is 6.24. The Morgan fingerprint density at radius 1 is 1.03 bits per heavy atom. The molecule has 186 valence electrons. The van der Waals surface area contributed by atoms with Crippen molar-refractivity contribution in [2.45, 2.75) is 39.3 Å². The molecule has 9 heteroatoms. The molecule has 0 radical (unpaired) electrons. The Kier molecular flexibility index (Phi) is 7.91. The molecule has 1 heterocycles. The van der Waals surface area contributed by atoms with Gasteiger partial charge in [0, 0.05) is 12.7 Å². The highest BCUT2D eigenvalue weighted by Gasteiger charge is 2.38. The van der Waals surface area contributed by atoms with Crippen molar-refractivity contribution in [2.75, 3.05) is 36.6 Å². The average molecular weight is 482 g/mol. The Morgan fingerprint density at radius 3 is 2.29 bits per heavy atom. The van der Waals surface area contributed by atoms with Gasteiger partial charge in [0.2, 0.25) is 0 Å². The summed E-state index contributed by atoms with van der Waals surface area (Å²) in [6.07, 6.45) is -0.800. The molecule has 1 aliphatic heterocycles. The summed E-state index contributed by atoms with van der Waals surface area (Å²) < 4.78 is 10.4. The van der Waals surface area contributed by atoms with Crippen molar-refractivity contribution in [2.24, 2.45) is 0 Å². The third-order valence-corrected chi connectivity index (χ3v) is 5.40. The lowest BCUT2D eigenvalue weighted by Crippen LogP contribution is -2.54. The summed E-state index contributed by atoms with van der Waals surface area (Å²) >= 11 is 0. The Morgan fingerprint density at radius 2 is 1.66 bits per heavy atom. The van der Waals surface area contributed by atoms with Gasteiger partial charge in [-0.25, -0.2) is 4.79 Å². The van der Waals surface area contributed by atoms with Crippen LogP contribution in [-0.4, -0.2) is 62.1 Å². The minimum Gasteiger partial charge on any atom is -0.444 e. The molecule has 0 saturated carbocycles. The first-order valence-corrected chi connectivity index (χ1v) is 11.3. The first-order chi connectivity index (χ1) is 16.5. The van der Waals surface area contributed by atoms with Crippen molar-refractivity contribution >= 4 is 35.1 Å². The number of methoxy groups -OCH3 is 1. The number of hydrogen-bond donors (Lipinski definition) is 1. The van der Waals surface area contributed by atoms with E-state index in [-0.39, 0.29) is 25.5 Å². The van der Waals surface area contributed by atoms with E-state index in [2.05, 4.69) is 5.32 Å². The maximum atomic E-state index is 13.7. The third-order valence-electron chi connectivity index (χ3n) is 5.40. The number of nitrogens with zero attached hydrogens (tertiary/aromatic N) is 2. The predicted molar refractivity (Wildman–Crippen MR) is 132 cm³/mol. The van der Waals surface area contributed by atoms with Gasteiger partial charge in [-0.1, -0.05) is 36.4 Å². The van der Waals surface area contributed by atoms with Crippen molar-refractivity contribution in [3.05, 3.63) is 59.7 Å². The van der Waals surface area contributed by atoms with E-state index >= 15 is 0 Å². The molecule has 0 saturated heterocycles. The molecule has 0 spiro atoms. The van der Waals surface area contributed by atoms with Crippen LogP contribution < -0.4 is 15.1 Å². The number of benzene rings is 2. The van der Waals surface area contributed by atoms with Gasteiger partial charge in [0.05, 0.1) is 24.5 Å². The summed E-state index contributed by atoms with van der Waals surface area (Å²) in [7, 11) is 1.40. The fourth-order valence-corrected chi connectivity index (χ4v) is 3.86. The van der Waals surface area contributed by atoms with Gasteiger partial charge in [-0.15, -0.1) is 0 Å². The number of Topliss-reactive ketones (excluding diaryl/α,β-unsaturated/α-hetero) is 1. The highest BCUT2D eigenvalue weighted by molar-refractivity contribution is 6.12. The molecule has 0 aromatic heterocycles. The molecule has 3 rings (SSSR count). The number of anilines is 2. The molecule has 9 nitrogen and oxygen atoms in total. The quantitative estimate of drug-likeness (QED) is 0.636. The Balaban J connectivity index is 2.03. The zero-order valence-corrected chi connectivity index (χ0v) is 20.7. The van der Waals surface area contributed by atoms with E-state index in [0.717, 1.165) is 5.56 Å². The molecule has 2 aromatic rings. The largest absolute Gasteiger partial charge is 0.444 e. The Hall–Kier alpha value is -3.72. The summed E-state index contributed by atoms with van der Waals surface area (Å²) in [5.74, 6) is -1.19. The molecule has 1 unspecified atom stereocenters. The molecule has 0 aliphatic carbocycles. The number of carbonyl (C=O) groups is 4. The Bertz CT molecular complexity index is 1120. The lowest BCUT2D eigenvalue weighted by atomic mass is 10.0. The smallest absolute Gasteiger partial charge is 0.408 e. The minimum atomic E-state index is -1.15. The van der Waals surface area contributed by atoms with Crippen LogP contribution in [0.5, 0.6) is 0 Å². The van der Waals surface area contributed by atoms with E-state index in [0.29, 0.717) is 16.9 Å². The van der Waals surface area contributed by atoms with E-state index < -0.39 is 29.6 Å². The van der Waals surface area contributed by atoms with Crippen LogP contribution in [0.15, 0.2) is 48.5 Å². The van der Waals surface area contributed by atoms with E-state index in [1.54, 1.807) is 57.2 Å². The van der Waals surface area contributed by atoms with Crippen molar-refractivity contribution < 1.29 is 28.7 Å². The van der Waals surface area contributed by atoms with Crippen molar-refractivity contribution in [3.63, 3.8) is 0 Å². The number of rotatable bonds is 6. The number of nitrogens with one attached hydrogen (secondary N) is 1. The highest BCUT2D eigenvalue weighted by Crippen LogP contribution is 2.33. The number of ether oxygens (including phenoxy) is 2. The van der Waals surface area contributed by atoms with Crippen LogP contribution in [0.4, 0.5) is 16.2 Å². The average Bonchev–Trinajstić information content (AvgIpc) is 2.89. The molecule has 0 fully saturated rings. The lowest BCUT2D eigenvalue weighted by Gasteiger charge is -2.26. The molecular weight excluding hydrogens is 450 g/mol. The summed E-state index contributed by atoms with van der Waals surface area (Å²) in [6.45, 7) is 6.32. The van der Waals surface area contributed by atoms with Crippen LogP contribution in [0.3, 0.4) is 0 Å². The van der Waals surface area contributed by atoms with Gasteiger partial charge in [-0.2, -0.15) is 0 Å². The van der Waals surface area contributed by atoms with Crippen LogP contribution in [-0.2, 0) is 19.1 Å². The van der Waals surface area contributed by atoms with Crippen molar-refractivity contribution in [3.8, 4) is 0 Å². The lowest BCUT2D eigenvalue weighted by molar-refractivity contribution is -0.122. The second kappa shape index (κ2) is 10.7. The van der Waals surface area contributed by atoms with Gasteiger partial charge in [0.25, 0.3) is 11.8 Å². The monoisotopic (exact) mass is 481 g/mol. The van der Waals surface area contributed by atoms with Crippen LogP contribution in [0.2, 0.25) is 0 Å². The number of amides is 3. The number of hydrogen-bond acceptors (Lipinski definition) is 6. The fourth-order valence-electron chi connectivity index (χ4n) is 3.86. The van der Waals surface area contributed by atoms with Crippen molar-refractivity contribution in [1.29, 1.82) is 0 Å². The maximum Gasteiger partial charge on any atom is 0.408 e. The predicted octanol–water partition coefficient (Wildman–Crippen LogP) is 3.10. The first-order valence-electron chi connectivity index (χ1n) is 11.3. The van der Waals surface area contributed by atoms with Gasteiger partial charge in [0.1, 0.15) is 18.2 Å². The Labute approximate surface area is 205 Å². The summed E-state index contributed by atoms with van der Waals surface area (Å²) in [6, 6.07) is 12.8. The molecule has 2 aromatic carbocycles. The summed E-state index contributed by atoms with van der Waals surface area (Å²) in [4.78, 5) is 55.1. The van der Waals surface area contributed by atoms with E-state index in [9.17, 15) is 19.2 Å². The minimum absolute atomic E-state index is 0.146. The zero-order valence-electron chi connectivity index (χ0n) is 20.7. The summed E-state index contributed by atoms with van der Waals surface area (Å²) in [5, 5.41) is 2.58. The standard InChI is InChI=1S/C26H31N3O6/c1-17-10-6-7-11-18(17)22(30)15-29-21-13-9-8-12-20(21)28(23(31)16-34-5)14-19(24(29)32)27-25(33)35-26(2,3)4/h6-13,19H,14-16H2,1-5H3,(H,27,33). The van der Waals surface area contributed by atoms with E-state index in [1.807, 2.05) is 19.1 Å². The van der Waals surface area contributed by atoms with Crippen LogP contribution >= 0.6 is 0 Å². The number of ketones is 1. The van der Waals surface area contributed by atoms with Crippen molar-refractivity contribution in [1.82, 2.24) is 5.32 Å². The SMILES string of the molecule is COCC(=O)N1CC(NC(=O)OC(C)(C)C)C(=O)N(CC(=O)c2ccccc2C)c2ccccc21. The highest BCUT2D eigenvalue weighted by atomic mass is 16.6. The molecular formula is C26H31N3O6. The normalized spacial score (nSPS) is 15.8. The summed E-state index contributed by atoms with van der Waals surface area (Å²) in [5.41, 5.74) is 1.32. The first kappa shape index (κ1) is 25.9. The van der Waals surface area contributed by atoms with Crippen LogP contribution in [0.25, 0.3) is 0 Å². The van der Waals surface area contributed by atoms with Gasteiger partial charge in [-0.3, -0.25) is 14.4 Å². The molecule has 1 aliphatic rings. The zero-order chi connectivity index (χ0) is 25.8. The van der Waals surface area contributed by atoms with Gasteiger partial charge < -0.3 is 24.6 Å². The number of para-hydroxylation sites is 2. The topological polar surface area (TPSA) is 105 Å². The van der Waals surface area contributed by atoms with Crippen LogP contribution in [0, 0.1) is 6.92 Å². The second-order valence-corrected chi connectivity index (χ2v) is 9.29. The fraction of sp³-hybridized carbons (Fsp3) is 0.385. The van der Waals surface area contributed by atoms with Gasteiger partial charge >= 0.3 is 6.09 Å².